The molecular formula is C26H26FN5O. The lowest BCUT2D eigenvalue weighted by Crippen LogP contribution is -2.36. The number of carbonyl (C=O) groups is 1. The fourth-order valence-electron chi connectivity index (χ4n) is 3.54. The average molecular weight is 444 g/mol. The SMILES string of the molecule is CN(C)c1cccc(C(=O)NC(=NCCc2c[nH]c3ccccc23)Nc2cccc(F)c2)c1. The molecule has 7 heteroatoms. The van der Waals surface area contributed by atoms with Gasteiger partial charge >= 0.3 is 0 Å². The molecule has 0 atom stereocenters. The molecule has 0 spiro atoms. The Morgan fingerprint density at radius 3 is 2.67 bits per heavy atom. The molecule has 33 heavy (non-hydrogen) atoms. The molecule has 0 aliphatic heterocycles. The first kappa shape index (κ1) is 22.1. The summed E-state index contributed by atoms with van der Waals surface area (Å²) in [4.78, 5) is 22.7. The molecule has 0 aliphatic carbocycles. The highest BCUT2D eigenvalue weighted by atomic mass is 19.1. The largest absolute Gasteiger partial charge is 0.378 e. The van der Waals surface area contributed by atoms with Gasteiger partial charge in [-0.15, -0.1) is 0 Å². The van der Waals surface area contributed by atoms with Gasteiger partial charge in [0.25, 0.3) is 5.91 Å². The van der Waals surface area contributed by atoms with Crippen LogP contribution in [-0.4, -0.2) is 37.5 Å². The minimum absolute atomic E-state index is 0.265. The van der Waals surface area contributed by atoms with Crippen LogP contribution in [0.1, 0.15) is 15.9 Å². The van der Waals surface area contributed by atoms with Crippen molar-refractivity contribution in [2.24, 2.45) is 4.99 Å². The Morgan fingerprint density at radius 2 is 1.85 bits per heavy atom. The van der Waals surface area contributed by atoms with Crippen LogP contribution >= 0.6 is 0 Å². The van der Waals surface area contributed by atoms with Gasteiger partial charge in [-0.2, -0.15) is 0 Å². The predicted molar refractivity (Wildman–Crippen MR) is 133 cm³/mol. The number of anilines is 2. The number of aromatic nitrogens is 1. The van der Waals surface area contributed by atoms with E-state index in [0.29, 0.717) is 24.2 Å². The maximum Gasteiger partial charge on any atom is 0.258 e. The fraction of sp³-hybridized carbons (Fsp3) is 0.154. The smallest absolute Gasteiger partial charge is 0.258 e. The topological polar surface area (TPSA) is 72.5 Å². The van der Waals surface area contributed by atoms with Crippen molar-refractivity contribution in [2.45, 2.75) is 6.42 Å². The van der Waals surface area contributed by atoms with Crippen LogP contribution in [0.25, 0.3) is 10.9 Å². The van der Waals surface area contributed by atoms with Gasteiger partial charge in [-0.05, 0) is 54.4 Å². The monoisotopic (exact) mass is 443 g/mol. The molecule has 0 aliphatic rings. The number of benzene rings is 3. The molecule has 3 N–H and O–H groups in total. The van der Waals surface area contributed by atoms with Crippen LogP contribution in [0.5, 0.6) is 0 Å². The fourth-order valence-corrected chi connectivity index (χ4v) is 3.54. The van der Waals surface area contributed by atoms with Crippen molar-refractivity contribution >= 4 is 34.1 Å². The van der Waals surface area contributed by atoms with Crippen LogP contribution < -0.4 is 15.5 Å². The van der Waals surface area contributed by atoms with E-state index >= 15 is 0 Å². The summed E-state index contributed by atoms with van der Waals surface area (Å²) in [6.07, 6.45) is 2.66. The number of rotatable bonds is 6. The number of aromatic amines is 1. The zero-order chi connectivity index (χ0) is 23.2. The summed E-state index contributed by atoms with van der Waals surface area (Å²) in [6.45, 7) is 0.442. The number of carbonyl (C=O) groups excluding carboxylic acids is 1. The Labute approximate surface area is 192 Å². The van der Waals surface area contributed by atoms with Crippen molar-refractivity contribution in [2.75, 3.05) is 30.9 Å². The van der Waals surface area contributed by atoms with Crippen molar-refractivity contribution in [1.82, 2.24) is 10.3 Å². The number of hydrogen-bond acceptors (Lipinski definition) is 3. The quantitative estimate of drug-likeness (QED) is 0.296. The van der Waals surface area contributed by atoms with Gasteiger partial charge in [0.05, 0.1) is 0 Å². The van der Waals surface area contributed by atoms with E-state index in [1.54, 1.807) is 24.3 Å². The zero-order valence-corrected chi connectivity index (χ0v) is 18.6. The predicted octanol–water partition coefficient (Wildman–Crippen LogP) is 4.81. The van der Waals surface area contributed by atoms with Crippen molar-refractivity contribution in [1.29, 1.82) is 0 Å². The van der Waals surface area contributed by atoms with E-state index in [2.05, 4.69) is 26.7 Å². The van der Waals surface area contributed by atoms with Crippen LogP contribution in [0.15, 0.2) is 84.0 Å². The van der Waals surface area contributed by atoms with Crippen molar-refractivity contribution in [3.05, 3.63) is 95.9 Å². The number of para-hydroxylation sites is 1. The lowest BCUT2D eigenvalue weighted by molar-refractivity contribution is 0.0977. The first-order valence-corrected chi connectivity index (χ1v) is 10.7. The lowest BCUT2D eigenvalue weighted by Gasteiger charge is -2.15. The van der Waals surface area contributed by atoms with Gasteiger partial charge in [0.1, 0.15) is 5.82 Å². The van der Waals surface area contributed by atoms with Gasteiger partial charge in [-0.3, -0.25) is 15.1 Å². The first-order chi connectivity index (χ1) is 16.0. The molecule has 0 unspecified atom stereocenters. The number of H-pyrrole nitrogens is 1. The van der Waals surface area contributed by atoms with Crippen LogP contribution in [0, 0.1) is 5.82 Å². The van der Waals surface area contributed by atoms with E-state index in [9.17, 15) is 9.18 Å². The number of amides is 1. The minimum Gasteiger partial charge on any atom is -0.378 e. The lowest BCUT2D eigenvalue weighted by atomic mass is 10.1. The van der Waals surface area contributed by atoms with Gasteiger partial charge in [-0.25, -0.2) is 4.39 Å². The van der Waals surface area contributed by atoms with Gasteiger partial charge in [0.2, 0.25) is 5.96 Å². The van der Waals surface area contributed by atoms with E-state index in [1.807, 2.05) is 55.5 Å². The molecule has 0 radical (unpaired) electrons. The molecule has 0 fully saturated rings. The number of nitrogens with one attached hydrogen (secondary N) is 3. The molecule has 0 saturated heterocycles. The molecule has 1 aromatic heterocycles. The highest BCUT2D eigenvalue weighted by Gasteiger charge is 2.11. The van der Waals surface area contributed by atoms with Gasteiger partial charge in [0, 0.05) is 54.7 Å². The van der Waals surface area contributed by atoms with E-state index in [4.69, 9.17) is 0 Å². The summed E-state index contributed by atoms with van der Waals surface area (Å²) >= 11 is 0. The molecule has 0 saturated carbocycles. The van der Waals surface area contributed by atoms with Crippen LogP contribution in [-0.2, 0) is 6.42 Å². The van der Waals surface area contributed by atoms with Gasteiger partial charge < -0.3 is 15.2 Å². The number of fused-ring (bicyclic) bond motifs is 1. The second kappa shape index (κ2) is 9.99. The van der Waals surface area contributed by atoms with Crippen LogP contribution in [0.4, 0.5) is 15.8 Å². The third kappa shape index (κ3) is 5.57. The minimum atomic E-state index is -0.372. The Morgan fingerprint density at radius 1 is 1.03 bits per heavy atom. The molecule has 4 aromatic rings. The Hall–Kier alpha value is -4.13. The molecule has 1 heterocycles. The van der Waals surface area contributed by atoms with Gasteiger partial charge in [-0.1, -0.05) is 30.3 Å². The maximum atomic E-state index is 13.7. The molecule has 3 aromatic carbocycles. The first-order valence-electron chi connectivity index (χ1n) is 10.7. The number of hydrogen-bond donors (Lipinski definition) is 3. The molecule has 168 valence electrons. The standard InChI is InChI=1S/C26H26FN5O/c1-32(2)22-10-5-7-18(15-22)25(33)31-26(30-21-9-6-8-20(27)16-21)28-14-13-19-17-29-24-12-4-3-11-23(19)24/h3-12,15-17,29H,13-14H2,1-2H3,(H2,28,30,31,33). The second-order valence-electron chi connectivity index (χ2n) is 7.87. The van der Waals surface area contributed by atoms with Crippen molar-refractivity contribution in [3.8, 4) is 0 Å². The number of guanidine groups is 1. The summed E-state index contributed by atoms with van der Waals surface area (Å²) in [7, 11) is 3.83. The number of nitrogens with zero attached hydrogens (tertiary/aromatic N) is 2. The highest BCUT2D eigenvalue weighted by molar-refractivity contribution is 6.10. The summed E-state index contributed by atoms with van der Waals surface area (Å²) in [6, 6.07) is 21.4. The summed E-state index contributed by atoms with van der Waals surface area (Å²) in [5.41, 5.74) is 4.14. The molecule has 1 amide bonds. The Balaban J connectivity index is 1.53. The van der Waals surface area contributed by atoms with Crippen molar-refractivity contribution < 1.29 is 9.18 Å². The number of halogens is 1. The molecular weight excluding hydrogens is 417 g/mol. The summed E-state index contributed by atoms with van der Waals surface area (Å²) in [5.74, 6) is -0.405. The van der Waals surface area contributed by atoms with E-state index in [0.717, 1.165) is 22.2 Å². The second-order valence-corrected chi connectivity index (χ2v) is 7.87. The molecule has 0 bridgehead atoms. The third-order valence-corrected chi connectivity index (χ3v) is 5.27. The maximum absolute atomic E-state index is 13.7. The Bertz CT molecular complexity index is 1290. The zero-order valence-electron chi connectivity index (χ0n) is 18.6. The normalized spacial score (nSPS) is 11.4. The van der Waals surface area contributed by atoms with Crippen LogP contribution in [0.3, 0.4) is 0 Å². The van der Waals surface area contributed by atoms with Crippen LogP contribution in [0.2, 0.25) is 0 Å². The molecule has 6 nitrogen and oxygen atoms in total. The third-order valence-electron chi connectivity index (χ3n) is 5.27. The Kier molecular flexibility index (Phi) is 6.69. The van der Waals surface area contributed by atoms with Crippen molar-refractivity contribution in [3.63, 3.8) is 0 Å². The van der Waals surface area contributed by atoms with Gasteiger partial charge in [0.15, 0.2) is 0 Å². The molecule has 4 rings (SSSR count). The summed E-state index contributed by atoms with van der Waals surface area (Å²) < 4.78 is 13.7. The average Bonchev–Trinajstić information content (AvgIpc) is 3.22. The highest BCUT2D eigenvalue weighted by Crippen LogP contribution is 2.18. The number of aliphatic imine (C=N–C) groups is 1. The van der Waals surface area contributed by atoms with E-state index in [-0.39, 0.29) is 17.7 Å². The van der Waals surface area contributed by atoms with E-state index in [1.165, 1.54) is 12.1 Å². The van der Waals surface area contributed by atoms with E-state index < -0.39 is 0 Å². The summed E-state index contributed by atoms with van der Waals surface area (Å²) in [5, 5.41) is 7.02.